The Morgan fingerprint density at radius 1 is 1.68 bits per heavy atom. The van der Waals surface area contributed by atoms with E-state index in [1.54, 1.807) is 11.0 Å². The first-order valence-corrected chi connectivity index (χ1v) is 6.12. The third-order valence-corrected chi connectivity index (χ3v) is 3.10. The fourth-order valence-corrected chi connectivity index (χ4v) is 2.05. The van der Waals surface area contributed by atoms with E-state index in [1.807, 2.05) is 6.92 Å². The molecule has 2 rings (SSSR count). The van der Waals surface area contributed by atoms with E-state index >= 15 is 0 Å². The Morgan fingerprint density at radius 3 is 3.16 bits per heavy atom. The molecular formula is C12H17N3O4. The predicted molar refractivity (Wildman–Crippen MR) is 67.1 cm³/mol. The maximum atomic E-state index is 12.4. The molecule has 2 heterocycles. The number of ether oxygens (including phenoxy) is 1. The molecule has 19 heavy (non-hydrogen) atoms. The number of rotatable bonds is 3. The van der Waals surface area contributed by atoms with Crippen LogP contribution in [0.3, 0.4) is 0 Å². The van der Waals surface area contributed by atoms with Gasteiger partial charge in [0.25, 0.3) is 5.91 Å². The monoisotopic (exact) mass is 267 g/mol. The summed E-state index contributed by atoms with van der Waals surface area (Å²) < 4.78 is 10.6. The van der Waals surface area contributed by atoms with E-state index in [9.17, 15) is 4.79 Å². The van der Waals surface area contributed by atoms with E-state index in [0.717, 1.165) is 0 Å². The van der Waals surface area contributed by atoms with Gasteiger partial charge in [-0.2, -0.15) is 0 Å². The topological polar surface area (TPSA) is 101 Å². The third-order valence-electron chi connectivity index (χ3n) is 3.10. The molecule has 0 radical (unpaired) electrons. The van der Waals surface area contributed by atoms with Gasteiger partial charge < -0.3 is 25.0 Å². The lowest BCUT2D eigenvalue weighted by atomic mass is 10.1. The van der Waals surface area contributed by atoms with Crippen LogP contribution in [0.15, 0.2) is 21.9 Å². The summed E-state index contributed by atoms with van der Waals surface area (Å²) in [7, 11) is 0. The van der Waals surface area contributed by atoms with E-state index in [2.05, 4.69) is 5.16 Å². The molecule has 1 fully saturated rings. The maximum Gasteiger partial charge on any atom is 0.257 e. The highest BCUT2D eigenvalue weighted by Crippen LogP contribution is 2.16. The van der Waals surface area contributed by atoms with E-state index in [-0.39, 0.29) is 18.3 Å². The van der Waals surface area contributed by atoms with Gasteiger partial charge in [0, 0.05) is 13.0 Å². The first kappa shape index (κ1) is 13.4. The minimum absolute atomic E-state index is 0.0274. The second-order valence-corrected chi connectivity index (χ2v) is 4.25. The number of aryl methyl sites for hydroxylation is 1. The largest absolute Gasteiger partial charge is 0.469 e. The second-order valence-electron chi connectivity index (χ2n) is 4.25. The van der Waals surface area contributed by atoms with Crippen LogP contribution in [-0.2, 0) is 11.2 Å². The summed E-state index contributed by atoms with van der Waals surface area (Å²) in [5.74, 6) is 0.516. The number of carbonyl (C=O) groups excluding carboxylic acids is 1. The van der Waals surface area contributed by atoms with Crippen molar-refractivity contribution in [1.29, 1.82) is 0 Å². The van der Waals surface area contributed by atoms with Gasteiger partial charge in [0.2, 0.25) is 0 Å². The Kier molecular flexibility index (Phi) is 4.06. The first-order valence-electron chi connectivity index (χ1n) is 6.12. The van der Waals surface area contributed by atoms with Gasteiger partial charge in [-0.1, -0.05) is 12.1 Å². The molecule has 3 N–H and O–H groups in total. The van der Waals surface area contributed by atoms with Gasteiger partial charge >= 0.3 is 0 Å². The Morgan fingerprint density at radius 2 is 2.47 bits per heavy atom. The standard InChI is InChI=1S/C12H17N3O4/c1-2-9-8(3-5-18-9)12(16)15-4-6-19-10(7-15)11(13)14-17/h3,5,10,17H,2,4,6-7H2,1H3,(H2,13,14). The number of nitrogens with zero attached hydrogens (tertiary/aromatic N) is 2. The summed E-state index contributed by atoms with van der Waals surface area (Å²) >= 11 is 0. The Labute approximate surface area is 110 Å². The summed E-state index contributed by atoms with van der Waals surface area (Å²) in [4.78, 5) is 14.0. The second kappa shape index (κ2) is 5.75. The van der Waals surface area contributed by atoms with E-state index < -0.39 is 6.10 Å². The van der Waals surface area contributed by atoms with Gasteiger partial charge in [0.15, 0.2) is 5.84 Å². The van der Waals surface area contributed by atoms with Crippen LogP contribution in [-0.4, -0.2) is 47.7 Å². The average molecular weight is 267 g/mol. The van der Waals surface area contributed by atoms with Gasteiger partial charge in [0.05, 0.1) is 25.0 Å². The Hall–Kier alpha value is -2.02. The number of nitrogens with two attached hydrogens (primary N) is 1. The fourth-order valence-electron chi connectivity index (χ4n) is 2.05. The zero-order valence-electron chi connectivity index (χ0n) is 10.7. The molecule has 1 aromatic rings. The minimum Gasteiger partial charge on any atom is -0.469 e. The molecule has 0 spiro atoms. The van der Waals surface area contributed by atoms with Crippen molar-refractivity contribution in [3.8, 4) is 0 Å². The third kappa shape index (κ3) is 2.70. The van der Waals surface area contributed by atoms with Crippen LogP contribution in [0.2, 0.25) is 0 Å². The highest BCUT2D eigenvalue weighted by atomic mass is 16.5. The molecule has 1 aliphatic rings. The molecular weight excluding hydrogens is 250 g/mol. The molecule has 7 heteroatoms. The SMILES string of the molecule is CCc1occc1C(=O)N1CCOC(/C(N)=N/O)C1. The van der Waals surface area contributed by atoms with Crippen molar-refractivity contribution in [3.63, 3.8) is 0 Å². The van der Waals surface area contributed by atoms with Crippen molar-refractivity contribution in [3.05, 3.63) is 23.7 Å². The number of hydrogen-bond donors (Lipinski definition) is 2. The summed E-state index contributed by atoms with van der Waals surface area (Å²) in [5.41, 5.74) is 6.06. The lowest BCUT2D eigenvalue weighted by Gasteiger charge is -2.32. The van der Waals surface area contributed by atoms with Crippen LogP contribution in [0, 0.1) is 0 Å². The van der Waals surface area contributed by atoms with Gasteiger partial charge in [0.1, 0.15) is 11.9 Å². The van der Waals surface area contributed by atoms with Gasteiger partial charge in [-0.25, -0.2) is 0 Å². The predicted octanol–water partition coefficient (Wildman–Crippen LogP) is 0.429. The average Bonchev–Trinajstić information content (AvgIpc) is 2.94. The van der Waals surface area contributed by atoms with E-state index in [4.69, 9.17) is 20.1 Å². The van der Waals surface area contributed by atoms with Crippen molar-refractivity contribution >= 4 is 11.7 Å². The van der Waals surface area contributed by atoms with Crippen molar-refractivity contribution in [2.45, 2.75) is 19.4 Å². The van der Waals surface area contributed by atoms with Crippen molar-refractivity contribution in [2.24, 2.45) is 10.9 Å². The summed E-state index contributed by atoms with van der Waals surface area (Å²) in [6.45, 7) is 3.02. The molecule has 1 unspecified atom stereocenters. The lowest BCUT2D eigenvalue weighted by molar-refractivity contribution is 0.00665. The Balaban J connectivity index is 2.11. The Bertz CT molecular complexity index is 483. The van der Waals surface area contributed by atoms with Crippen LogP contribution >= 0.6 is 0 Å². The molecule has 7 nitrogen and oxygen atoms in total. The summed E-state index contributed by atoms with van der Waals surface area (Å²) in [5, 5.41) is 11.6. The minimum atomic E-state index is -0.570. The number of amidine groups is 1. The van der Waals surface area contributed by atoms with Gasteiger partial charge in [-0.3, -0.25) is 4.79 Å². The number of carbonyl (C=O) groups is 1. The van der Waals surface area contributed by atoms with Gasteiger partial charge in [-0.05, 0) is 6.07 Å². The van der Waals surface area contributed by atoms with Crippen LogP contribution in [0.5, 0.6) is 0 Å². The number of oxime groups is 1. The highest BCUT2D eigenvalue weighted by Gasteiger charge is 2.29. The molecule has 104 valence electrons. The molecule has 1 saturated heterocycles. The van der Waals surface area contributed by atoms with Crippen LogP contribution in [0.1, 0.15) is 23.0 Å². The van der Waals surface area contributed by atoms with Crippen LogP contribution < -0.4 is 5.73 Å². The molecule has 0 aliphatic carbocycles. The smallest absolute Gasteiger partial charge is 0.257 e. The number of morpholine rings is 1. The van der Waals surface area contributed by atoms with E-state index in [0.29, 0.717) is 30.9 Å². The zero-order valence-corrected chi connectivity index (χ0v) is 10.7. The maximum absolute atomic E-state index is 12.4. The number of hydrogen-bond acceptors (Lipinski definition) is 5. The molecule has 1 amide bonds. The molecule has 1 aliphatic heterocycles. The highest BCUT2D eigenvalue weighted by molar-refractivity contribution is 5.96. The first-order chi connectivity index (χ1) is 9.17. The molecule has 0 aromatic carbocycles. The molecule has 0 bridgehead atoms. The quantitative estimate of drug-likeness (QED) is 0.358. The lowest BCUT2D eigenvalue weighted by Crippen LogP contribution is -2.50. The van der Waals surface area contributed by atoms with Crippen LogP contribution in [0.4, 0.5) is 0 Å². The molecule has 1 atom stereocenters. The summed E-state index contributed by atoms with van der Waals surface area (Å²) in [6.07, 6.45) is 1.59. The fraction of sp³-hybridized carbons (Fsp3) is 0.500. The normalized spacial score (nSPS) is 20.6. The van der Waals surface area contributed by atoms with E-state index in [1.165, 1.54) is 6.26 Å². The van der Waals surface area contributed by atoms with Crippen molar-refractivity contribution in [1.82, 2.24) is 4.90 Å². The number of amides is 1. The molecule has 0 saturated carbocycles. The van der Waals surface area contributed by atoms with Crippen LogP contribution in [0.25, 0.3) is 0 Å². The van der Waals surface area contributed by atoms with Crippen molar-refractivity contribution < 1.29 is 19.2 Å². The van der Waals surface area contributed by atoms with Gasteiger partial charge in [-0.15, -0.1) is 0 Å². The summed E-state index contributed by atoms with van der Waals surface area (Å²) in [6, 6.07) is 1.66. The molecule has 1 aromatic heterocycles. The number of furan rings is 1. The zero-order chi connectivity index (χ0) is 13.8. The van der Waals surface area contributed by atoms with Crippen molar-refractivity contribution in [2.75, 3.05) is 19.7 Å².